The van der Waals surface area contributed by atoms with Crippen molar-refractivity contribution in [2.45, 2.75) is 26.9 Å². The van der Waals surface area contributed by atoms with Crippen molar-refractivity contribution in [3.63, 3.8) is 0 Å². The number of nitro groups is 1. The van der Waals surface area contributed by atoms with Gasteiger partial charge in [-0.1, -0.05) is 13.8 Å². The van der Waals surface area contributed by atoms with E-state index < -0.39 is 46.3 Å². The van der Waals surface area contributed by atoms with E-state index >= 15 is 0 Å². The lowest BCUT2D eigenvalue weighted by Crippen LogP contribution is -2.34. The molecule has 2 N–H and O–H groups in total. The number of ether oxygens (including phenoxy) is 2. The molecule has 1 amide bonds. The smallest absolute Gasteiger partial charge is 0.387 e. The van der Waals surface area contributed by atoms with Gasteiger partial charge in [-0.25, -0.2) is 0 Å². The Morgan fingerprint density at radius 3 is 2.37 bits per heavy atom. The first-order chi connectivity index (χ1) is 12.6. The maximum atomic E-state index is 12.4. The molecule has 1 aromatic carbocycles. The summed E-state index contributed by atoms with van der Waals surface area (Å²) in [6, 6.07) is 1.55. The van der Waals surface area contributed by atoms with Crippen LogP contribution in [-0.2, 0) is 4.79 Å². The molecular weight excluding hydrogens is 370 g/mol. The lowest BCUT2D eigenvalue weighted by molar-refractivity contribution is -0.385. The van der Waals surface area contributed by atoms with Gasteiger partial charge in [-0.05, 0) is 12.3 Å². The summed E-state index contributed by atoms with van der Waals surface area (Å²) in [5, 5.41) is 22.7. The van der Waals surface area contributed by atoms with Crippen LogP contribution >= 0.6 is 0 Å². The Kier molecular flexibility index (Phi) is 7.88. The number of benzene rings is 1. The second kappa shape index (κ2) is 9.64. The molecule has 0 spiro atoms. The van der Waals surface area contributed by atoms with Gasteiger partial charge in [0.2, 0.25) is 0 Å². The second-order valence-corrected chi connectivity index (χ2v) is 6.03. The number of hydrogen-bond donors (Lipinski definition) is 2. The predicted octanol–water partition coefficient (Wildman–Crippen LogP) is 2.68. The first kappa shape index (κ1) is 22.1. The Bertz CT molecular complexity index is 710. The molecule has 9 nitrogen and oxygen atoms in total. The van der Waals surface area contributed by atoms with Gasteiger partial charge in [0.25, 0.3) is 11.6 Å². The highest BCUT2D eigenvalue weighted by atomic mass is 19.3. The molecule has 1 atom stereocenters. The van der Waals surface area contributed by atoms with Gasteiger partial charge in [-0.2, -0.15) is 8.78 Å². The van der Waals surface area contributed by atoms with Crippen LogP contribution in [0.4, 0.5) is 14.5 Å². The summed E-state index contributed by atoms with van der Waals surface area (Å²) in [7, 11) is 1.12. The molecule has 0 aliphatic heterocycles. The number of methoxy groups -OCH3 is 1. The van der Waals surface area contributed by atoms with Gasteiger partial charge < -0.3 is 19.9 Å². The van der Waals surface area contributed by atoms with Crippen LogP contribution in [0.3, 0.4) is 0 Å². The van der Waals surface area contributed by atoms with Crippen LogP contribution in [0.5, 0.6) is 11.5 Å². The molecule has 0 saturated heterocycles. The molecular formula is C16H20F2N2O7. The number of carbonyl (C=O) groups excluding carboxylic acids is 1. The number of rotatable bonds is 10. The number of amides is 1. The molecule has 27 heavy (non-hydrogen) atoms. The quantitative estimate of drug-likeness (QED) is 0.464. The number of halogens is 2. The van der Waals surface area contributed by atoms with Crippen LogP contribution in [0, 0.1) is 22.0 Å². The van der Waals surface area contributed by atoms with Gasteiger partial charge in [0, 0.05) is 12.6 Å². The summed E-state index contributed by atoms with van der Waals surface area (Å²) in [6.45, 7) is 0.136. The Morgan fingerprint density at radius 1 is 1.30 bits per heavy atom. The second-order valence-electron chi connectivity index (χ2n) is 6.03. The fourth-order valence-corrected chi connectivity index (χ4v) is 2.38. The highest BCUT2D eigenvalue weighted by Gasteiger charge is 2.27. The first-order valence-electron chi connectivity index (χ1n) is 7.89. The monoisotopic (exact) mass is 390 g/mol. The lowest BCUT2D eigenvalue weighted by Gasteiger charge is -2.16. The molecule has 150 valence electrons. The van der Waals surface area contributed by atoms with Gasteiger partial charge in [0.1, 0.15) is 5.56 Å². The molecule has 0 aromatic heterocycles. The van der Waals surface area contributed by atoms with E-state index in [0.717, 1.165) is 13.2 Å². The molecule has 1 unspecified atom stereocenters. The summed E-state index contributed by atoms with van der Waals surface area (Å²) >= 11 is 0. The van der Waals surface area contributed by atoms with Crippen molar-refractivity contribution in [1.29, 1.82) is 0 Å². The third kappa shape index (κ3) is 6.35. The predicted molar refractivity (Wildman–Crippen MR) is 89.2 cm³/mol. The fourth-order valence-electron chi connectivity index (χ4n) is 2.38. The zero-order valence-corrected chi connectivity index (χ0v) is 14.9. The molecule has 0 aliphatic rings. The Hall–Kier alpha value is -2.98. The van der Waals surface area contributed by atoms with Crippen molar-refractivity contribution >= 4 is 17.6 Å². The van der Waals surface area contributed by atoms with Gasteiger partial charge in [0.05, 0.1) is 24.0 Å². The van der Waals surface area contributed by atoms with Crippen LogP contribution in [-0.4, -0.2) is 42.2 Å². The van der Waals surface area contributed by atoms with Crippen LogP contribution in [0.25, 0.3) is 0 Å². The number of nitrogens with one attached hydrogen (secondary N) is 1. The number of alkyl halides is 2. The van der Waals surface area contributed by atoms with Gasteiger partial charge in [-0.15, -0.1) is 0 Å². The summed E-state index contributed by atoms with van der Waals surface area (Å²) in [6.07, 6.45) is 0.294. The van der Waals surface area contributed by atoms with Crippen molar-refractivity contribution in [1.82, 2.24) is 5.32 Å². The zero-order chi connectivity index (χ0) is 20.7. The summed E-state index contributed by atoms with van der Waals surface area (Å²) in [5.41, 5.74) is -1.24. The maximum absolute atomic E-state index is 12.4. The van der Waals surface area contributed by atoms with E-state index in [-0.39, 0.29) is 18.2 Å². The fraction of sp³-hybridized carbons (Fsp3) is 0.500. The maximum Gasteiger partial charge on any atom is 0.387 e. The summed E-state index contributed by atoms with van der Waals surface area (Å²) in [4.78, 5) is 33.8. The lowest BCUT2D eigenvalue weighted by atomic mass is 9.97. The largest absolute Gasteiger partial charge is 0.493 e. The number of nitrogens with zero attached hydrogens (tertiary/aromatic N) is 1. The molecule has 0 heterocycles. The van der Waals surface area contributed by atoms with E-state index in [4.69, 9.17) is 4.74 Å². The van der Waals surface area contributed by atoms with Crippen molar-refractivity contribution in [2.75, 3.05) is 13.7 Å². The average molecular weight is 390 g/mol. The van der Waals surface area contributed by atoms with Crippen molar-refractivity contribution < 1.29 is 37.9 Å². The highest BCUT2D eigenvalue weighted by molar-refractivity contribution is 5.99. The van der Waals surface area contributed by atoms with E-state index in [9.17, 15) is 33.6 Å². The molecule has 1 aromatic rings. The molecule has 1 rings (SSSR count). The summed E-state index contributed by atoms with van der Waals surface area (Å²) < 4.78 is 33.9. The van der Waals surface area contributed by atoms with E-state index in [1.807, 2.05) is 13.8 Å². The molecule has 0 aliphatic carbocycles. The number of carboxylic acids is 1. The molecule has 11 heteroatoms. The van der Waals surface area contributed by atoms with Crippen LogP contribution in [0.15, 0.2) is 12.1 Å². The minimum atomic E-state index is -3.24. The van der Waals surface area contributed by atoms with Crippen molar-refractivity contribution in [2.24, 2.45) is 11.8 Å². The number of nitro benzene ring substituents is 1. The van der Waals surface area contributed by atoms with Crippen LogP contribution < -0.4 is 14.8 Å². The normalized spacial score (nSPS) is 12.0. The minimum absolute atomic E-state index is 0.0585. The number of carbonyl (C=O) groups is 2. The minimum Gasteiger partial charge on any atom is -0.493 e. The van der Waals surface area contributed by atoms with E-state index in [0.29, 0.717) is 12.5 Å². The van der Waals surface area contributed by atoms with Crippen LogP contribution in [0.1, 0.15) is 30.6 Å². The highest BCUT2D eigenvalue weighted by Crippen LogP contribution is 2.35. The number of hydrogen-bond acceptors (Lipinski definition) is 6. The Morgan fingerprint density at radius 2 is 1.93 bits per heavy atom. The molecule has 0 saturated carbocycles. The average Bonchev–Trinajstić information content (AvgIpc) is 2.56. The van der Waals surface area contributed by atoms with Gasteiger partial charge >= 0.3 is 12.6 Å². The van der Waals surface area contributed by atoms with Crippen molar-refractivity contribution in [3.05, 3.63) is 27.8 Å². The van der Waals surface area contributed by atoms with Gasteiger partial charge in [0.15, 0.2) is 11.5 Å². The van der Waals surface area contributed by atoms with Crippen LogP contribution in [0.2, 0.25) is 0 Å². The molecule has 0 bridgehead atoms. The topological polar surface area (TPSA) is 128 Å². The number of carboxylic acid groups (broad SMARTS) is 1. The third-order valence-electron chi connectivity index (χ3n) is 3.55. The first-order valence-corrected chi connectivity index (χ1v) is 7.89. The Labute approximate surface area is 153 Å². The van der Waals surface area contributed by atoms with E-state index in [2.05, 4.69) is 10.1 Å². The SMILES string of the molecule is COc1cc(C(=O)NCC(CC(C)C)C(=O)O)c([N+](=O)[O-])cc1OC(F)F. The zero-order valence-electron chi connectivity index (χ0n) is 14.9. The standard InChI is InChI=1S/C16H20F2N2O7/c1-8(2)4-9(15(22)23)7-19-14(21)10-5-12(26-3)13(27-16(17)18)6-11(10)20(24)25/h5-6,8-9,16H,4,7H2,1-3H3,(H,19,21)(H,22,23). The Balaban J connectivity index is 3.13. The number of aliphatic carboxylic acids is 1. The third-order valence-corrected chi connectivity index (χ3v) is 3.55. The molecule has 0 radical (unpaired) electrons. The molecule has 0 fully saturated rings. The van der Waals surface area contributed by atoms with Crippen molar-refractivity contribution in [3.8, 4) is 11.5 Å². The summed E-state index contributed by atoms with van der Waals surface area (Å²) in [5.74, 6) is -3.77. The van der Waals surface area contributed by atoms with E-state index in [1.165, 1.54) is 0 Å². The van der Waals surface area contributed by atoms with Gasteiger partial charge in [-0.3, -0.25) is 19.7 Å². The van der Waals surface area contributed by atoms with E-state index in [1.54, 1.807) is 0 Å².